The highest BCUT2D eigenvalue weighted by Gasteiger charge is 2.11. The minimum absolute atomic E-state index is 0.00828. The quantitative estimate of drug-likeness (QED) is 0.885. The summed E-state index contributed by atoms with van der Waals surface area (Å²) in [7, 11) is 0. The molecule has 1 amide bonds. The Balaban J connectivity index is 1.79. The number of rotatable bonds is 6. The van der Waals surface area contributed by atoms with E-state index >= 15 is 0 Å². The maximum atomic E-state index is 11.8. The second-order valence-electron chi connectivity index (χ2n) is 4.80. The molecule has 0 aliphatic carbocycles. The summed E-state index contributed by atoms with van der Waals surface area (Å²) in [5.74, 6) is 0.796. The number of furan rings is 1. The first kappa shape index (κ1) is 14.6. The van der Waals surface area contributed by atoms with Crippen LogP contribution >= 0.6 is 11.3 Å². The zero-order chi connectivity index (χ0) is 14.5. The summed E-state index contributed by atoms with van der Waals surface area (Å²) >= 11 is 1.16. The van der Waals surface area contributed by atoms with Gasteiger partial charge in [0.25, 0.3) is 0 Å². The fourth-order valence-corrected chi connectivity index (χ4v) is 2.78. The Labute approximate surface area is 121 Å². The van der Waals surface area contributed by atoms with E-state index in [4.69, 9.17) is 4.42 Å². The molecule has 2 aromatic rings. The molecule has 108 valence electrons. The Morgan fingerprint density at radius 1 is 1.55 bits per heavy atom. The molecule has 2 heterocycles. The Kier molecular flexibility index (Phi) is 4.79. The van der Waals surface area contributed by atoms with E-state index in [0.717, 1.165) is 22.8 Å². The standard InChI is InChI=1S/C14H18N2O3S/c1-10(8-12-4-3-7-19-12)15-13(17)5-6-16-11(2)9-20-14(16)18/h3-4,7,9-10H,5-6,8H2,1-2H3,(H,15,17)/t10-/m1/s1. The lowest BCUT2D eigenvalue weighted by Crippen LogP contribution is -2.35. The van der Waals surface area contributed by atoms with Gasteiger partial charge >= 0.3 is 4.87 Å². The van der Waals surface area contributed by atoms with E-state index in [1.165, 1.54) is 0 Å². The van der Waals surface area contributed by atoms with Gasteiger partial charge in [-0.25, -0.2) is 0 Å². The van der Waals surface area contributed by atoms with Crippen molar-refractivity contribution in [2.75, 3.05) is 0 Å². The maximum absolute atomic E-state index is 11.8. The average Bonchev–Trinajstić information content (AvgIpc) is 2.98. The molecular formula is C14H18N2O3S. The van der Waals surface area contributed by atoms with Crippen LogP contribution in [0, 0.1) is 6.92 Å². The van der Waals surface area contributed by atoms with E-state index in [0.29, 0.717) is 19.4 Å². The van der Waals surface area contributed by atoms with E-state index in [2.05, 4.69) is 5.32 Å². The number of carbonyl (C=O) groups is 1. The van der Waals surface area contributed by atoms with Crippen LogP contribution in [0.3, 0.4) is 0 Å². The van der Waals surface area contributed by atoms with Crippen molar-refractivity contribution in [1.29, 1.82) is 0 Å². The number of aromatic nitrogens is 1. The summed E-state index contributed by atoms with van der Waals surface area (Å²) in [4.78, 5) is 23.4. The number of aryl methyl sites for hydroxylation is 1. The van der Waals surface area contributed by atoms with Gasteiger partial charge in [0.05, 0.1) is 6.26 Å². The second kappa shape index (κ2) is 6.56. The predicted octanol–water partition coefficient (Wildman–Crippen LogP) is 1.95. The van der Waals surface area contributed by atoms with Crippen molar-refractivity contribution >= 4 is 17.2 Å². The van der Waals surface area contributed by atoms with Crippen LogP contribution in [0.2, 0.25) is 0 Å². The van der Waals surface area contributed by atoms with Gasteiger partial charge in [0.1, 0.15) is 5.76 Å². The number of nitrogens with zero attached hydrogens (tertiary/aromatic N) is 1. The first-order valence-corrected chi connectivity index (χ1v) is 7.41. The van der Waals surface area contributed by atoms with Crippen LogP contribution in [0.1, 0.15) is 24.8 Å². The Morgan fingerprint density at radius 2 is 2.35 bits per heavy atom. The van der Waals surface area contributed by atoms with Crippen molar-refractivity contribution in [3.63, 3.8) is 0 Å². The summed E-state index contributed by atoms with van der Waals surface area (Å²) in [5.41, 5.74) is 0.899. The van der Waals surface area contributed by atoms with Crippen molar-refractivity contribution in [2.45, 2.75) is 39.3 Å². The molecule has 1 N–H and O–H groups in total. The molecule has 0 radical (unpaired) electrons. The molecule has 5 nitrogen and oxygen atoms in total. The topological polar surface area (TPSA) is 64.2 Å². The summed E-state index contributed by atoms with van der Waals surface area (Å²) in [6.07, 6.45) is 2.59. The predicted molar refractivity (Wildman–Crippen MR) is 77.9 cm³/mol. The minimum Gasteiger partial charge on any atom is -0.469 e. The van der Waals surface area contributed by atoms with Crippen LogP contribution in [0.25, 0.3) is 0 Å². The van der Waals surface area contributed by atoms with Crippen molar-refractivity contribution in [1.82, 2.24) is 9.88 Å². The van der Waals surface area contributed by atoms with Gasteiger partial charge in [-0.15, -0.1) is 0 Å². The van der Waals surface area contributed by atoms with E-state index in [1.807, 2.05) is 26.0 Å². The van der Waals surface area contributed by atoms with Crippen molar-refractivity contribution in [3.8, 4) is 0 Å². The van der Waals surface area contributed by atoms with Crippen LogP contribution in [-0.2, 0) is 17.8 Å². The number of nitrogens with one attached hydrogen (secondary N) is 1. The monoisotopic (exact) mass is 294 g/mol. The molecule has 0 bridgehead atoms. The summed E-state index contributed by atoms with van der Waals surface area (Å²) in [6, 6.07) is 3.72. The zero-order valence-electron chi connectivity index (χ0n) is 11.6. The maximum Gasteiger partial charge on any atom is 0.307 e. The van der Waals surface area contributed by atoms with Crippen LogP contribution in [0.4, 0.5) is 0 Å². The van der Waals surface area contributed by atoms with Gasteiger partial charge in [0, 0.05) is 36.5 Å². The second-order valence-corrected chi connectivity index (χ2v) is 5.62. The number of carbonyl (C=O) groups excluding carboxylic acids is 1. The van der Waals surface area contributed by atoms with E-state index in [-0.39, 0.29) is 16.8 Å². The van der Waals surface area contributed by atoms with Crippen molar-refractivity contribution < 1.29 is 9.21 Å². The van der Waals surface area contributed by atoms with Gasteiger partial charge in [0.2, 0.25) is 5.91 Å². The first-order chi connectivity index (χ1) is 9.56. The Bertz CT molecular complexity index is 613. The molecule has 1 atom stereocenters. The SMILES string of the molecule is Cc1csc(=O)n1CCC(=O)N[C@H](C)Cc1ccco1. The summed E-state index contributed by atoms with van der Waals surface area (Å²) in [6.45, 7) is 4.23. The summed E-state index contributed by atoms with van der Waals surface area (Å²) in [5, 5.41) is 4.71. The van der Waals surface area contributed by atoms with E-state index in [9.17, 15) is 9.59 Å². The van der Waals surface area contributed by atoms with Gasteiger partial charge < -0.3 is 14.3 Å². The van der Waals surface area contributed by atoms with Crippen LogP contribution in [0.5, 0.6) is 0 Å². The third-order valence-electron chi connectivity index (χ3n) is 3.03. The molecule has 0 spiro atoms. The molecule has 0 unspecified atom stereocenters. The molecular weight excluding hydrogens is 276 g/mol. The van der Waals surface area contributed by atoms with Gasteiger partial charge in [-0.05, 0) is 26.0 Å². The van der Waals surface area contributed by atoms with Gasteiger partial charge in [0.15, 0.2) is 0 Å². The Morgan fingerprint density at radius 3 is 2.95 bits per heavy atom. The van der Waals surface area contributed by atoms with Gasteiger partial charge in [-0.2, -0.15) is 0 Å². The highest BCUT2D eigenvalue weighted by Crippen LogP contribution is 2.04. The van der Waals surface area contributed by atoms with Crippen molar-refractivity contribution in [3.05, 3.63) is 44.9 Å². The lowest BCUT2D eigenvalue weighted by molar-refractivity contribution is -0.121. The molecule has 0 aromatic carbocycles. The first-order valence-electron chi connectivity index (χ1n) is 6.53. The molecule has 0 saturated heterocycles. The highest BCUT2D eigenvalue weighted by atomic mass is 32.1. The average molecular weight is 294 g/mol. The Hall–Kier alpha value is -1.82. The number of hydrogen-bond donors (Lipinski definition) is 1. The summed E-state index contributed by atoms with van der Waals surface area (Å²) < 4.78 is 6.87. The van der Waals surface area contributed by atoms with Crippen LogP contribution in [-0.4, -0.2) is 16.5 Å². The fourth-order valence-electron chi connectivity index (χ4n) is 2.02. The molecule has 2 aromatic heterocycles. The molecule has 0 saturated carbocycles. The van der Waals surface area contributed by atoms with Gasteiger partial charge in [-0.3, -0.25) is 9.59 Å². The van der Waals surface area contributed by atoms with Crippen molar-refractivity contribution in [2.24, 2.45) is 0 Å². The van der Waals surface area contributed by atoms with Crippen LogP contribution < -0.4 is 10.2 Å². The van der Waals surface area contributed by atoms with Crippen LogP contribution in [0.15, 0.2) is 33.0 Å². The molecule has 6 heteroatoms. The minimum atomic E-state index is -0.0541. The zero-order valence-corrected chi connectivity index (χ0v) is 12.4. The lowest BCUT2D eigenvalue weighted by atomic mass is 10.2. The third kappa shape index (κ3) is 3.84. The number of amides is 1. The molecule has 0 aliphatic heterocycles. The molecule has 0 aliphatic rings. The van der Waals surface area contributed by atoms with E-state index in [1.54, 1.807) is 16.2 Å². The lowest BCUT2D eigenvalue weighted by Gasteiger charge is -2.12. The smallest absolute Gasteiger partial charge is 0.307 e. The number of thiazole rings is 1. The highest BCUT2D eigenvalue weighted by molar-refractivity contribution is 7.07. The largest absolute Gasteiger partial charge is 0.469 e. The molecule has 20 heavy (non-hydrogen) atoms. The fraction of sp³-hybridized carbons (Fsp3) is 0.429. The van der Waals surface area contributed by atoms with E-state index < -0.39 is 0 Å². The number of hydrogen-bond acceptors (Lipinski definition) is 4. The molecule has 2 rings (SSSR count). The van der Waals surface area contributed by atoms with Gasteiger partial charge in [-0.1, -0.05) is 11.3 Å². The normalized spacial score (nSPS) is 12.3. The molecule has 0 fully saturated rings. The third-order valence-corrected chi connectivity index (χ3v) is 3.91.